The normalized spacial score (nSPS) is 35.4. The van der Waals surface area contributed by atoms with Crippen molar-refractivity contribution in [2.24, 2.45) is 0 Å². The number of hydrogen-bond acceptors (Lipinski definition) is 3. The first-order valence-electron chi connectivity index (χ1n) is 4.05. The Morgan fingerprint density at radius 1 is 1.30 bits per heavy atom. The highest BCUT2D eigenvalue weighted by atomic mass is 16.7. The van der Waals surface area contributed by atoms with Crippen molar-refractivity contribution in [2.45, 2.75) is 18.9 Å². The Morgan fingerprint density at radius 3 is 2.70 bits per heavy atom. The maximum atomic E-state index is 5.08. The van der Waals surface area contributed by atoms with Crippen molar-refractivity contribution in [2.75, 3.05) is 26.2 Å². The summed E-state index contributed by atoms with van der Waals surface area (Å²) in [5, 5.41) is 0. The van der Waals surface area contributed by atoms with Crippen LogP contribution in [0.25, 0.3) is 0 Å². The van der Waals surface area contributed by atoms with E-state index < -0.39 is 0 Å². The molecular weight excluding hydrogens is 128 g/mol. The van der Waals surface area contributed by atoms with Crippen LogP contribution >= 0.6 is 0 Å². The molecule has 2 heterocycles. The van der Waals surface area contributed by atoms with Crippen LogP contribution in [0.3, 0.4) is 0 Å². The molecule has 0 saturated carbocycles. The molecule has 0 amide bonds. The monoisotopic (exact) mass is 142 g/mol. The van der Waals surface area contributed by atoms with E-state index in [4.69, 9.17) is 4.84 Å². The summed E-state index contributed by atoms with van der Waals surface area (Å²) in [5.41, 5.74) is 2.91. The van der Waals surface area contributed by atoms with Gasteiger partial charge < -0.3 is 4.84 Å². The third kappa shape index (κ3) is 1.17. The summed E-state index contributed by atoms with van der Waals surface area (Å²) >= 11 is 0. The molecule has 0 radical (unpaired) electrons. The zero-order chi connectivity index (χ0) is 6.81. The van der Waals surface area contributed by atoms with Crippen molar-refractivity contribution in [3.8, 4) is 0 Å². The molecular formula is C7H14N2O. The molecule has 3 heteroatoms. The van der Waals surface area contributed by atoms with Crippen LogP contribution < -0.4 is 5.48 Å². The van der Waals surface area contributed by atoms with Gasteiger partial charge in [-0.3, -0.25) is 4.90 Å². The van der Waals surface area contributed by atoms with Crippen molar-refractivity contribution in [3.05, 3.63) is 0 Å². The van der Waals surface area contributed by atoms with E-state index in [0.29, 0.717) is 6.04 Å². The molecule has 1 atom stereocenters. The summed E-state index contributed by atoms with van der Waals surface area (Å²) in [6.07, 6.45) is 2.74. The lowest BCUT2D eigenvalue weighted by Gasteiger charge is -2.19. The lowest BCUT2D eigenvalue weighted by atomic mass is 10.3. The average Bonchev–Trinajstić information content (AvgIpc) is 2.59. The molecule has 2 aliphatic rings. The van der Waals surface area contributed by atoms with Crippen molar-refractivity contribution in [1.29, 1.82) is 0 Å². The Kier molecular flexibility index (Phi) is 1.88. The van der Waals surface area contributed by atoms with E-state index in [1.807, 2.05) is 0 Å². The molecule has 0 bridgehead atoms. The maximum Gasteiger partial charge on any atom is 0.0850 e. The van der Waals surface area contributed by atoms with Crippen LogP contribution in [-0.2, 0) is 4.84 Å². The first-order chi connectivity index (χ1) is 4.97. The molecule has 2 aliphatic heterocycles. The third-order valence-corrected chi connectivity index (χ3v) is 2.35. The van der Waals surface area contributed by atoms with E-state index in [9.17, 15) is 0 Å². The Hall–Kier alpha value is -0.120. The van der Waals surface area contributed by atoms with Gasteiger partial charge in [-0.1, -0.05) is 0 Å². The molecule has 0 aromatic rings. The Morgan fingerprint density at radius 2 is 2.10 bits per heavy atom. The third-order valence-electron chi connectivity index (χ3n) is 2.35. The Bertz CT molecular complexity index is 92.2. The minimum atomic E-state index is 0.655. The highest BCUT2D eigenvalue weighted by molar-refractivity contribution is 4.78. The summed E-state index contributed by atoms with van der Waals surface area (Å²) < 4.78 is 0. The molecule has 0 aliphatic carbocycles. The first kappa shape index (κ1) is 6.58. The quantitative estimate of drug-likeness (QED) is 0.557. The molecule has 2 saturated heterocycles. The van der Waals surface area contributed by atoms with E-state index in [-0.39, 0.29) is 0 Å². The second-order valence-electron chi connectivity index (χ2n) is 3.06. The van der Waals surface area contributed by atoms with Gasteiger partial charge >= 0.3 is 0 Å². The van der Waals surface area contributed by atoms with Gasteiger partial charge in [-0.05, 0) is 25.9 Å². The fraction of sp³-hybridized carbons (Fsp3) is 1.00. The number of hydrogen-bond donors (Lipinski definition) is 1. The molecule has 0 spiro atoms. The second-order valence-corrected chi connectivity index (χ2v) is 3.06. The van der Waals surface area contributed by atoms with E-state index in [2.05, 4.69) is 10.4 Å². The molecule has 3 nitrogen and oxygen atoms in total. The smallest absolute Gasteiger partial charge is 0.0850 e. The number of likely N-dealkylation sites (tertiary alicyclic amines) is 1. The minimum Gasteiger partial charge on any atom is -0.300 e. The summed E-state index contributed by atoms with van der Waals surface area (Å²) in [5.74, 6) is 0. The largest absolute Gasteiger partial charge is 0.300 e. The SMILES string of the molecule is C1CCN(C2CNOC2)C1. The van der Waals surface area contributed by atoms with Crippen molar-refractivity contribution >= 4 is 0 Å². The van der Waals surface area contributed by atoms with Gasteiger partial charge in [0.2, 0.25) is 0 Å². The van der Waals surface area contributed by atoms with Crippen LogP contribution in [0.1, 0.15) is 12.8 Å². The highest BCUT2D eigenvalue weighted by Crippen LogP contribution is 2.13. The minimum absolute atomic E-state index is 0.655. The fourth-order valence-electron chi connectivity index (χ4n) is 1.71. The number of nitrogens with zero attached hydrogens (tertiary/aromatic N) is 1. The average molecular weight is 142 g/mol. The maximum absolute atomic E-state index is 5.08. The predicted molar refractivity (Wildman–Crippen MR) is 38.5 cm³/mol. The Labute approximate surface area is 61.3 Å². The molecule has 1 N–H and O–H groups in total. The zero-order valence-corrected chi connectivity index (χ0v) is 6.18. The van der Waals surface area contributed by atoms with E-state index in [1.165, 1.54) is 25.9 Å². The van der Waals surface area contributed by atoms with Crippen LogP contribution in [0.5, 0.6) is 0 Å². The zero-order valence-electron chi connectivity index (χ0n) is 6.18. The van der Waals surface area contributed by atoms with Gasteiger partial charge in [0.1, 0.15) is 0 Å². The van der Waals surface area contributed by atoms with Crippen LogP contribution in [0.2, 0.25) is 0 Å². The summed E-state index contributed by atoms with van der Waals surface area (Å²) in [4.78, 5) is 7.59. The van der Waals surface area contributed by atoms with Crippen molar-refractivity contribution < 1.29 is 4.84 Å². The number of nitrogens with one attached hydrogen (secondary N) is 1. The van der Waals surface area contributed by atoms with Gasteiger partial charge in [0.15, 0.2) is 0 Å². The van der Waals surface area contributed by atoms with Crippen LogP contribution in [-0.4, -0.2) is 37.2 Å². The number of hydroxylamine groups is 1. The summed E-state index contributed by atoms with van der Waals surface area (Å²) in [7, 11) is 0. The van der Waals surface area contributed by atoms with Crippen molar-refractivity contribution in [3.63, 3.8) is 0 Å². The molecule has 10 heavy (non-hydrogen) atoms. The fourth-order valence-corrected chi connectivity index (χ4v) is 1.71. The molecule has 2 rings (SSSR count). The van der Waals surface area contributed by atoms with Crippen LogP contribution in [0.15, 0.2) is 0 Å². The Balaban J connectivity index is 1.85. The summed E-state index contributed by atoms with van der Waals surface area (Å²) in [6.45, 7) is 4.44. The van der Waals surface area contributed by atoms with Gasteiger partial charge in [0.05, 0.1) is 6.61 Å². The second kappa shape index (κ2) is 2.86. The van der Waals surface area contributed by atoms with Crippen LogP contribution in [0, 0.1) is 0 Å². The van der Waals surface area contributed by atoms with Crippen LogP contribution in [0.4, 0.5) is 0 Å². The number of rotatable bonds is 1. The van der Waals surface area contributed by atoms with Gasteiger partial charge in [-0.25, -0.2) is 5.48 Å². The predicted octanol–water partition coefficient (Wildman–Crippen LogP) is -0.0144. The van der Waals surface area contributed by atoms with E-state index in [0.717, 1.165) is 13.2 Å². The lowest BCUT2D eigenvalue weighted by Crippen LogP contribution is -2.36. The first-order valence-corrected chi connectivity index (χ1v) is 4.05. The summed E-state index contributed by atoms with van der Waals surface area (Å²) in [6, 6.07) is 0.655. The van der Waals surface area contributed by atoms with Crippen molar-refractivity contribution in [1.82, 2.24) is 10.4 Å². The molecule has 58 valence electrons. The standard InChI is InChI=1S/C7H14N2O/c1-2-4-9(3-1)7-5-8-10-6-7/h7-8H,1-6H2. The highest BCUT2D eigenvalue weighted by Gasteiger charge is 2.24. The molecule has 0 aromatic heterocycles. The van der Waals surface area contributed by atoms with Gasteiger partial charge in [0.25, 0.3) is 0 Å². The van der Waals surface area contributed by atoms with Gasteiger partial charge in [-0.2, -0.15) is 0 Å². The van der Waals surface area contributed by atoms with E-state index in [1.54, 1.807) is 0 Å². The lowest BCUT2D eigenvalue weighted by molar-refractivity contribution is 0.0902. The molecule has 0 aromatic carbocycles. The van der Waals surface area contributed by atoms with E-state index >= 15 is 0 Å². The van der Waals surface area contributed by atoms with Gasteiger partial charge in [-0.15, -0.1) is 0 Å². The molecule has 2 fully saturated rings. The van der Waals surface area contributed by atoms with Gasteiger partial charge in [0, 0.05) is 12.6 Å². The molecule has 1 unspecified atom stereocenters. The topological polar surface area (TPSA) is 24.5 Å².